The molecule has 2 rings (SSSR count). The van der Waals surface area contributed by atoms with Gasteiger partial charge in [-0.05, 0) is 26.0 Å². The Labute approximate surface area is 130 Å². The van der Waals surface area contributed by atoms with Crippen LogP contribution in [0.2, 0.25) is 0 Å². The molecule has 0 aromatic heterocycles. The summed E-state index contributed by atoms with van der Waals surface area (Å²) in [4.78, 5) is 0. The zero-order chi connectivity index (χ0) is 16.2. The number of rotatable bonds is 8. The molecule has 22 heavy (non-hydrogen) atoms. The maximum Gasteiger partial charge on any atom is 0.232 e. The minimum atomic E-state index is -3.49. The third-order valence-electron chi connectivity index (χ3n) is 3.06. The van der Waals surface area contributed by atoms with Crippen molar-refractivity contribution in [2.45, 2.75) is 20.1 Å². The molecule has 0 saturated carbocycles. The second-order valence-electron chi connectivity index (χ2n) is 4.67. The molecule has 0 N–H and O–H groups in total. The molecule has 8 heteroatoms. The number of anilines is 1. The maximum atomic E-state index is 12.1. The topological polar surface area (TPSA) is 74.3 Å². The number of ether oxygens (including phenoxy) is 4. The van der Waals surface area contributed by atoms with Crippen molar-refractivity contribution in [2.24, 2.45) is 0 Å². The Bertz CT molecular complexity index is 597. The average molecular weight is 331 g/mol. The zero-order valence-electron chi connectivity index (χ0n) is 12.9. The van der Waals surface area contributed by atoms with Crippen LogP contribution in [0.4, 0.5) is 5.69 Å². The van der Waals surface area contributed by atoms with E-state index in [1.165, 1.54) is 4.31 Å². The van der Waals surface area contributed by atoms with Gasteiger partial charge in [-0.1, -0.05) is 0 Å². The Balaban J connectivity index is 2.26. The lowest BCUT2D eigenvalue weighted by atomic mass is 10.3. The van der Waals surface area contributed by atoms with Crippen molar-refractivity contribution in [3.8, 4) is 11.5 Å². The van der Waals surface area contributed by atoms with Gasteiger partial charge in [-0.25, -0.2) is 8.42 Å². The molecule has 1 aliphatic rings. The molecule has 0 unspecified atom stereocenters. The van der Waals surface area contributed by atoms with Gasteiger partial charge in [0.1, 0.15) is 0 Å². The SMILES string of the molecule is CCOC(CN(c1ccc2c(c1)OCO2)S(C)(=O)=O)OCC. The smallest absolute Gasteiger partial charge is 0.232 e. The van der Waals surface area contributed by atoms with E-state index in [-0.39, 0.29) is 13.3 Å². The van der Waals surface area contributed by atoms with E-state index in [4.69, 9.17) is 18.9 Å². The van der Waals surface area contributed by atoms with Crippen LogP contribution in [0.1, 0.15) is 13.8 Å². The standard InChI is InChI=1S/C14H21NO6S/c1-4-18-14(19-5-2)9-15(22(3,16)17)11-6-7-12-13(8-11)21-10-20-12/h6-8,14H,4-5,9-10H2,1-3H3. The van der Waals surface area contributed by atoms with Crippen molar-refractivity contribution in [1.82, 2.24) is 0 Å². The summed E-state index contributed by atoms with van der Waals surface area (Å²) in [5.41, 5.74) is 0.483. The highest BCUT2D eigenvalue weighted by molar-refractivity contribution is 7.92. The minimum Gasteiger partial charge on any atom is -0.454 e. The van der Waals surface area contributed by atoms with E-state index in [9.17, 15) is 8.42 Å². The summed E-state index contributed by atoms with van der Waals surface area (Å²) in [6, 6.07) is 4.99. The Morgan fingerprint density at radius 3 is 2.41 bits per heavy atom. The highest BCUT2D eigenvalue weighted by Crippen LogP contribution is 2.36. The molecule has 0 atom stereocenters. The lowest BCUT2D eigenvalue weighted by Crippen LogP contribution is -2.39. The van der Waals surface area contributed by atoms with Crippen molar-refractivity contribution in [3.63, 3.8) is 0 Å². The molecule has 0 bridgehead atoms. The molecule has 0 radical (unpaired) electrons. The van der Waals surface area contributed by atoms with Gasteiger partial charge in [0.2, 0.25) is 16.8 Å². The van der Waals surface area contributed by atoms with Gasteiger partial charge in [0.25, 0.3) is 0 Å². The molecule has 1 aromatic carbocycles. The van der Waals surface area contributed by atoms with E-state index < -0.39 is 16.3 Å². The van der Waals surface area contributed by atoms with Crippen LogP contribution in [-0.2, 0) is 19.5 Å². The second kappa shape index (κ2) is 7.17. The van der Waals surface area contributed by atoms with E-state index in [1.54, 1.807) is 18.2 Å². The van der Waals surface area contributed by atoms with Crippen molar-refractivity contribution in [3.05, 3.63) is 18.2 Å². The van der Waals surface area contributed by atoms with Crippen LogP contribution in [0.15, 0.2) is 18.2 Å². The van der Waals surface area contributed by atoms with E-state index in [0.717, 1.165) is 6.26 Å². The summed E-state index contributed by atoms with van der Waals surface area (Å²) in [7, 11) is -3.49. The fourth-order valence-corrected chi connectivity index (χ4v) is 3.02. The van der Waals surface area contributed by atoms with Crippen LogP contribution < -0.4 is 13.8 Å². The monoisotopic (exact) mass is 331 g/mol. The van der Waals surface area contributed by atoms with Gasteiger partial charge in [0, 0.05) is 19.3 Å². The van der Waals surface area contributed by atoms with Crippen LogP contribution in [0, 0.1) is 0 Å². The van der Waals surface area contributed by atoms with Crippen molar-refractivity contribution >= 4 is 15.7 Å². The molecule has 0 aliphatic carbocycles. The lowest BCUT2D eigenvalue weighted by Gasteiger charge is -2.27. The fourth-order valence-electron chi connectivity index (χ4n) is 2.13. The first-order valence-corrected chi connectivity index (χ1v) is 8.91. The first-order valence-electron chi connectivity index (χ1n) is 7.06. The minimum absolute atomic E-state index is 0.0696. The van der Waals surface area contributed by atoms with E-state index in [2.05, 4.69) is 0 Å². The molecule has 7 nitrogen and oxygen atoms in total. The van der Waals surface area contributed by atoms with Crippen molar-refractivity contribution in [1.29, 1.82) is 0 Å². The van der Waals surface area contributed by atoms with Crippen molar-refractivity contribution < 1.29 is 27.4 Å². The van der Waals surface area contributed by atoms with E-state index in [0.29, 0.717) is 30.4 Å². The molecule has 0 fully saturated rings. The molecule has 0 amide bonds. The van der Waals surface area contributed by atoms with E-state index in [1.807, 2.05) is 13.8 Å². The first-order chi connectivity index (χ1) is 10.5. The molecule has 1 aliphatic heterocycles. The quantitative estimate of drug-likeness (QED) is 0.673. The molecule has 1 heterocycles. The fraction of sp³-hybridized carbons (Fsp3) is 0.571. The third-order valence-corrected chi connectivity index (χ3v) is 4.23. The average Bonchev–Trinajstić information content (AvgIpc) is 2.91. The van der Waals surface area contributed by atoms with Gasteiger partial charge in [-0.3, -0.25) is 4.31 Å². The molecular formula is C14H21NO6S. The molecule has 0 saturated heterocycles. The Hall–Kier alpha value is -1.51. The highest BCUT2D eigenvalue weighted by Gasteiger charge is 2.25. The van der Waals surface area contributed by atoms with Gasteiger partial charge < -0.3 is 18.9 Å². The second-order valence-corrected chi connectivity index (χ2v) is 6.58. The Morgan fingerprint density at radius 1 is 1.18 bits per heavy atom. The van der Waals surface area contributed by atoms with Gasteiger partial charge >= 0.3 is 0 Å². The number of sulfonamides is 1. The number of hydrogen-bond acceptors (Lipinski definition) is 6. The van der Waals surface area contributed by atoms with Crippen molar-refractivity contribution in [2.75, 3.05) is 37.1 Å². The lowest BCUT2D eigenvalue weighted by molar-refractivity contribution is -0.128. The van der Waals surface area contributed by atoms with Crippen LogP contribution in [0.25, 0.3) is 0 Å². The largest absolute Gasteiger partial charge is 0.454 e. The van der Waals surface area contributed by atoms with Crippen LogP contribution in [0.5, 0.6) is 11.5 Å². The van der Waals surface area contributed by atoms with Crippen LogP contribution in [0.3, 0.4) is 0 Å². The zero-order valence-corrected chi connectivity index (χ0v) is 13.8. The molecular weight excluding hydrogens is 310 g/mol. The Kier molecular flexibility index (Phi) is 5.49. The van der Waals surface area contributed by atoms with Gasteiger partial charge in [0.05, 0.1) is 18.5 Å². The Morgan fingerprint density at radius 2 is 1.82 bits per heavy atom. The number of nitrogens with zero attached hydrogens (tertiary/aromatic N) is 1. The number of benzene rings is 1. The summed E-state index contributed by atoms with van der Waals surface area (Å²) in [6.07, 6.45) is 0.516. The molecule has 124 valence electrons. The number of hydrogen-bond donors (Lipinski definition) is 0. The summed E-state index contributed by atoms with van der Waals surface area (Å²) in [6.45, 7) is 4.74. The van der Waals surface area contributed by atoms with Crippen LogP contribution >= 0.6 is 0 Å². The predicted octanol–water partition coefficient (Wildman–Crippen LogP) is 1.58. The first kappa shape index (κ1) is 16.9. The van der Waals surface area contributed by atoms with Gasteiger partial charge in [-0.15, -0.1) is 0 Å². The summed E-state index contributed by atoms with van der Waals surface area (Å²) in [5, 5.41) is 0. The van der Waals surface area contributed by atoms with Gasteiger partial charge in [-0.2, -0.15) is 0 Å². The van der Waals surface area contributed by atoms with Crippen LogP contribution in [-0.4, -0.2) is 47.5 Å². The summed E-state index contributed by atoms with van der Waals surface area (Å²) in [5.74, 6) is 1.12. The van der Waals surface area contributed by atoms with Gasteiger partial charge in [0.15, 0.2) is 17.8 Å². The highest BCUT2D eigenvalue weighted by atomic mass is 32.2. The predicted molar refractivity (Wildman–Crippen MR) is 81.8 cm³/mol. The number of fused-ring (bicyclic) bond motifs is 1. The maximum absolute atomic E-state index is 12.1. The summed E-state index contributed by atoms with van der Waals surface area (Å²) >= 11 is 0. The van der Waals surface area contributed by atoms with E-state index >= 15 is 0 Å². The normalized spacial score (nSPS) is 13.6. The summed E-state index contributed by atoms with van der Waals surface area (Å²) < 4.78 is 46.9. The molecule has 0 spiro atoms. The third kappa shape index (κ3) is 4.02. The molecule has 1 aromatic rings.